The van der Waals surface area contributed by atoms with E-state index >= 15 is 0 Å². The fourth-order valence-corrected chi connectivity index (χ4v) is 4.39. The van der Waals surface area contributed by atoms with Gasteiger partial charge in [0, 0.05) is 6.04 Å². The molecular formula is C23H33NO4S. The van der Waals surface area contributed by atoms with Crippen LogP contribution >= 0.6 is 0 Å². The standard InChI is InChI=1S/C23H33NO4S/c1-3-4-10-21(24-29(26,27)23-15-11-19(2)12-16-23)13-14-22(25)18-28-17-20-8-6-5-7-9-20/h5-9,11-12,15-16,21-22,24-25H,3-4,10,13-14,17-18H2,1-2H3/t21-,22-/m1/s1. The highest BCUT2D eigenvalue weighted by Crippen LogP contribution is 2.16. The average Bonchev–Trinajstić information content (AvgIpc) is 2.71. The van der Waals surface area contributed by atoms with Crippen molar-refractivity contribution in [1.29, 1.82) is 0 Å². The summed E-state index contributed by atoms with van der Waals surface area (Å²) in [5, 5.41) is 10.2. The Morgan fingerprint density at radius 1 is 1.00 bits per heavy atom. The van der Waals surface area contributed by atoms with Crippen LogP contribution in [0.25, 0.3) is 0 Å². The van der Waals surface area contributed by atoms with Crippen molar-refractivity contribution in [3.8, 4) is 0 Å². The molecule has 0 spiro atoms. The van der Waals surface area contributed by atoms with Crippen LogP contribution < -0.4 is 4.72 Å². The first-order valence-electron chi connectivity index (χ1n) is 10.3. The van der Waals surface area contributed by atoms with Crippen LogP contribution in [0.4, 0.5) is 0 Å². The van der Waals surface area contributed by atoms with E-state index in [1.165, 1.54) is 0 Å². The second-order valence-electron chi connectivity index (χ2n) is 7.51. The van der Waals surface area contributed by atoms with E-state index in [9.17, 15) is 13.5 Å². The van der Waals surface area contributed by atoms with E-state index in [2.05, 4.69) is 11.6 Å². The van der Waals surface area contributed by atoms with Gasteiger partial charge in [-0.2, -0.15) is 0 Å². The van der Waals surface area contributed by atoms with E-state index in [1.807, 2.05) is 37.3 Å². The van der Waals surface area contributed by atoms with Crippen molar-refractivity contribution < 1.29 is 18.3 Å². The van der Waals surface area contributed by atoms with Crippen molar-refractivity contribution >= 4 is 10.0 Å². The van der Waals surface area contributed by atoms with Crippen molar-refractivity contribution in [3.63, 3.8) is 0 Å². The molecule has 2 aromatic carbocycles. The number of nitrogens with one attached hydrogen (secondary N) is 1. The van der Waals surface area contributed by atoms with Gasteiger partial charge in [-0.25, -0.2) is 13.1 Å². The highest BCUT2D eigenvalue weighted by molar-refractivity contribution is 7.89. The minimum absolute atomic E-state index is 0.204. The molecule has 5 nitrogen and oxygen atoms in total. The van der Waals surface area contributed by atoms with Crippen LogP contribution in [-0.4, -0.2) is 32.3 Å². The lowest BCUT2D eigenvalue weighted by Gasteiger charge is -2.20. The second kappa shape index (κ2) is 12.1. The lowest BCUT2D eigenvalue weighted by Crippen LogP contribution is -2.35. The van der Waals surface area contributed by atoms with Gasteiger partial charge in [0.1, 0.15) is 0 Å². The Balaban J connectivity index is 1.84. The predicted molar refractivity (Wildman–Crippen MR) is 116 cm³/mol. The Kier molecular flexibility index (Phi) is 9.81. The molecule has 2 N–H and O–H groups in total. The zero-order valence-electron chi connectivity index (χ0n) is 17.4. The van der Waals surface area contributed by atoms with Gasteiger partial charge in [-0.3, -0.25) is 0 Å². The third-order valence-corrected chi connectivity index (χ3v) is 6.37. The Labute approximate surface area is 175 Å². The fourth-order valence-electron chi connectivity index (χ4n) is 3.08. The lowest BCUT2D eigenvalue weighted by atomic mass is 10.0. The van der Waals surface area contributed by atoms with Crippen LogP contribution in [0.1, 0.15) is 50.2 Å². The summed E-state index contributed by atoms with van der Waals surface area (Å²) in [7, 11) is -3.57. The molecule has 0 saturated carbocycles. The lowest BCUT2D eigenvalue weighted by molar-refractivity contribution is 0.0225. The fraction of sp³-hybridized carbons (Fsp3) is 0.478. The van der Waals surface area contributed by atoms with E-state index in [1.54, 1.807) is 24.3 Å². The molecule has 0 aliphatic carbocycles. The summed E-state index contributed by atoms with van der Waals surface area (Å²) in [6, 6.07) is 16.5. The number of rotatable bonds is 13. The summed E-state index contributed by atoms with van der Waals surface area (Å²) in [5.41, 5.74) is 2.08. The molecule has 0 aromatic heterocycles. The number of ether oxygens (including phenoxy) is 1. The largest absolute Gasteiger partial charge is 0.391 e. The molecule has 0 aliphatic heterocycles. The summed E-state index contributed by atoms with van der Waals surface area (Å²) >= 11 is 0. The zero-order valence-corrected chi connectivity index (χ0v) is 18.2. The van der Waals surface area contributed by atoms with Gasteiger partial charge in [0.05, 0.1) is 24.2 Å². The van der Waals surface area contributed by atoms with Crippen LogP contribution in [0.5, 0.6) is 0 Å². The smallest absolute Gasteiger partial charge is 0.240 e. The molecule has 2 rings (SSSR count). The Morgan fingerprint density at radius 2 is 1.69 bits per heavy atom. The first-order valence-corrected chi connectivity index (χ1v) is 11.8. The summed E-state index contributed by atoms with van der Waals surface area (Å²) < 4.78 is 33.8. The first-order chi connectivity index (χ1) is 13.9. The van der Waals surface area contributed by atoms with E-state index in [-0.39, 0.29) is 17.5 Å². The highest BCUT2D eigenvalue weighted by atomic mass is 32.2. The Morgan fingerprint density at radius 3 is 2.34 bits per heavy atom. The van der Waals surface area contributed by atoms with Gasteiger partial charge in [0.25, 0.3) is 0 Å². The van der Waals surface area contributed by atoms with Crippen LogP contribution in [0, 0.1) is 6.92 Å². The maximum absolute atomic E-state index is 12.7. The van der Waals surface area contributed by atoms with E-state index in [0.29, 0.717) is 19.4 Å². The molecule has 0 aliphatic rings. The van der Waals surface area contributed by atoms with Crippen molar-refractivity contribution in [2.45, 2.75) is 69.6 Å². The number of aliphatic hydroxyl groups excluding tert-OH is 1. The normalized spacial score (nSPS) is 13.9. The van der Waals surface area contributed by atoms with Crippen LogP contribution in [0.15, 0.2) is 59.5 Å². The number of hydrogen-bond acceptors (Lipinski definition) is 4. The number of unbranched alkanes of at least 4 members (excludes halogenated alkanes) is 1. The maximum Gasteiger partial charge on any atom is 0.240 e. The summed E-state index contributed by atoms with van der Waals surface area (Å²) in [6.07, 6.45) is 3.11. The number of aliphatic hydroxyl groups is 1. The van der Waals surface area contributed by atoms with Gasteiger partial charge in [-0.05, 0) is 43.9 Å². The SMILES string of the molecule is CCCC[C@H](CC[C@@H](O)COCc1ccccc1)NS(=O)(=O)c1ccc(C)cc1. The van der Waals surface area contributed by atoms with Crippen LogP contribution in [0.2, 0.25) is 0 Å². The molecule has 0 saturated heterocycles. The van der Waals surface area contributed by atoms with E-state index < -0.39 is 16.1 Å². The summed E-state index contributed by atoms with van der Waals surface area (Å²) in [6.45, 7) is 4.70. The predicted octanol–water partition coefficient (Wildman–Crippen LogP) is 4.19. The van der Waals surface area contributed by atoms with Gasteiger partial charge in [-0.15, -0.1) is 0 Å². The molecule has 0 radical (unpaired) electrons. The number of benzene rings is 2. The van der Waals surface area contributed by atoms with Gasteiger partial charge in [0.15, 0.2) is 0 Å². The highest BCUT2D eigenvalue weighted by Gasteiger charge is 2.20. The van der Waals surface area contributed by atoms with E-state index in [4.69, 9.17) is 4.74 Å². The van der Waals surface area contributed by atoms with Gasteiger partial charge in [-0.1, -0.05) is 67.8 Å². The average molecular weight is 420 g/mol. The number of aryl methyl sites for hydroxylation is 1. The third-order valence-electron chi connectivity index (χ3n) is 4.83. The van der Waals surface area contributed by atoms with Crippen molar-refractivity contribution in [1.82, 2.24) is 4.72 Å². The van der Waals surface area contributed by atoms with Crippen LogP contribution in [-0.2, 0) is 21.4 Å². The van der Waals surface area contributed by atoms with Crippen molar-refractivity contribution in [2.24, 2.45) is 0 Å². The van der Waals surface area contributed by atoms with Gasteiger partial charge >= 0.3 is 0 Å². The molecule has 160 valence electrons. The number of hydrogen-bond donors (Lipinski definition) is 2. The quantitative estimate of drug-likeness (QED) is 0.510. The maximum atomic E-state index is 12.7. The van der Waals surface area contributed by atoms with Gasteiger partial charge < -0.3 is 9.84 Å². The minimum Gasteiger partial charge on any atom is -0.391 e. The van der Waals surface area contributed by atoms with Crippen molar-refractivity contribution in [3.05, 3.63) is 65.7 Å². The monoisotopic (exact) mass is 419 g/mol. The molecule has 0 bridgehead atoms. The second-order valence-corrected chi connectivity index (χ2v) is 9.22. The molecule has 6 heteroatoms. The van der Waals surface area contributed by atoms with E-state index in [0.717, 1.165) is 30.4 Å². The molecule has 0 fully saturated rings. The van der Waals surface area contributed by atoms with Crippen LogP contribution in [0.3, 0.4) is 0 Å². The number of sulfonamides is 1. The van der Waals surface area contributed by atoms with Gasteiger partial charge in [0.2, 0.25) is 10.0 Å². The molecule has 0 unspecified atom stereocenters. The summed E-state index contributed by atoms with van der Waals surface area (Å²) in [4.78, 5) is 0.274. The molecule has 0 amide bonds. The first kappa shape index (κ1) is 23.5. The Hall–Kier alpha value is -1.73. The third kappa shape index (κ3) is 8.66. The molecular weight excluding hydrogens is 386 g/mol. The summed E-state index contributed by atoms with van der Waals surface area (Å²) in [5.74, 6) is 0. The molecule has 0 heterocycles. The minimum atomic E-state index is -3.57. The Bertz CT molecular complexity index is 807. The molecule has 2 aromatic rings. The topological polar surface area (TPSA) is 75.6 Å². The zero-order chi connectivity index (χ0) is 21.1. The molecule has 2 atom stereocenters. The molecule has 29 heavy (non-hydrogen) atoms. The van der Waals surface area contributed by atoms with Crippen molar-refractivity contribution in [2.75, 3.05) is 6.61 Å².